The number of carbonyl (C=O) groups is 1. The van der Waals surface area contributed by atoms with Crippen LogP contribution in [0.3, 0.4) is 0 Å². The third-order valence-electron chi connectivity index (χ3n) is 3.96. The third-order valence-corrected chi connectivity index (χ3v) is 3.96. The van der Waals surface area contributed by atoms with E-state index in [1.807, 2.05) is 42.5 Å². The van der Waals surface area contributed by atoms with Gasteiger partial charge in [0.15, 0.2) is 5.78 Å². The summed E-state index contributed by atoms with van der Waals surface area (Å²) in [5.41, 5.74) is 4.91. The van der Waals surface area contributed by atoms with Crippen LogP contribution >= 0.6 is 0 Å². The number of benzene rings is 2. The number of rotatable bonds is 2. The third kappa shape index (κ3) is 2.64. The summed E-state index contributed by atoms with van der Waals surface area (Å²) in [5.74, 6) is 0.0928. The highest BCUT2D eigenvalue weighted by Crippen LogP contribution is 2.28. The van der Waals surface area contributed by atoms with Gasteiger partial charge in [-0.25, -0.2) is 0 Å². The topological polar surface area (TPSA) is 26.3 Å². The summed E-state index contributed by atoms with van der Waals surface area (Å²) in [7, 11) is 0. The summed E-state index contributed by atoms with van der Waals surface area (Å²) in [6.45, 7) is 7.67. The van der Waals surface area contributed by atoms with Crippen LogP contribution in [0.4, 0.5) is 0 Å². The maximum absolute atomic E-state index is 12.9. The summed E-state index contributed by atoms with van der Waals surface area (Å²) in [5, 5.41) is 0. The monoisotopic (exact) mass is 280 g/mol. The molecule has 0 amide bonds. The zero-order valence-electron chi connectivity index (χ0n) is 12.8. The van der Waals surface area contributed by atoms with Crippen LogP contribution in [0.2, 0.25) is 0 Å². The van der Waals surface area contributed by atoms with Gasteiger partial charge in [-0.1, -0.05) is 57.2 Å². The number of fused-ring (bicyclic) bond motifs is 1. The van der Waals surface area contributed by atoms with Crippen molar-refractivity contribution in [3.05, 3.63) is 70.3 Å². The maximum Gasteiger partial charge on any atom is 0.193 e. The van der Waals surface area contributed by atoms with Crippen LogP contribution in [0.25, 0.3) is 0 Å². The van der Waals surface area contributed by atoms with Gasteiger partial charge >= 0.3 is 0 Å². The Kier molecular flexibility index (Phi) is 3.42. The van der Waals surface area contributed by atoms with E-state index in [1.54, 1.807) is 0 Å². The molecule has 108 valence electrons. The molecule has 0 fully saturated rings. The molecule has 21 heavy (non-hydrogen) atoms. The highest BCUT2D eigenvalue weighted by molar-refractivity contribution is 6.10. The number of hydrogen-bond acceptors (Lipinski definition) is 2. The summed E-state index contributed by atoms with van der Waals surface area (Å²) >= 11 is 0. The zero-order valence-corrected chi connectivity index (χ0v) is 12.8. The van der Waals surface area contributed by atoms with Crippen LogP contribution in [0.5, 0.6) is 0 Å². The molecule has 1 heterocycles. The fraction of sp³-hybridized carbons (Fsp3) is 0.316. The van der Waals surface area contributed by atoms with Crippen molar-refractivity contribution in [3.63, 3.8) is 0 Å². The first-order chi connectivity index (χ1) is 9.97. The number of hydrogen-bond donors (Lipinski definition) is 0. The Bertz CT molecular complexity index is 693. The van der Waals surface area contributed by atoms with E-state index < -0.39 is 0 Å². The van der Waals surface area contributed by atoms with Gasteiger partial charge in [-0.15, -0.1) is 0 Å². The predicted molar refractivity (Wildman–Crippen MR) is 83.5 cm³/mol. The molecule has 3 rings (SSSR count). The molecule has 2 heteroatoms. The van der Waals surface area contributed by atoms with Crippen LogP contribution < -0.4 is 0 Å². The minimum absolute atomic E-state index is 0.0495. The molecule has 0 saturated heterocycles. The van der Waals surface area contributed by atoms with Gasteiger partial charge in [-0.05, 0) is 28.2 Å². The van der Waals surface area contributed by atoms with Crippen LogP contribution in [-0.4, -0.2) is 5.78 Å². The van der Waals surface area contributed by atoms with Crippen molar-refractivity contribution in [1.29, 1.82) is 0 Å². The van der Waals surface area contributed by atoms with Gasteiger partial charge in [0.2, 0.25) is 0 Å². The Morgan fingerprint density at radius 2 is 1.71 bits per heavy atom. The molecule has 1 aliphatic rings. The molecule has 1 aliphatic heterocycles. The van der Waals surface area contributed by atoms with Crippen LogP contribution in [0, 0.1) is 0 Å². The lowest BCUT2D eigenvalue weighted by atomic mass is 9.81. The number of ketones is 1. The van der Waals surface area contributed by atoms with Crippen molar-refractivity contribution in [2.75, 3.05) is 0 Å². The summed E-state index contributed by atoms with van der Waals surface area (Å²) in [6.07, 6.45) is 0. The molecular formula is C19H20O2. The van der Waals surface area contributed by atoms with Crippen LogP contribution in [0.1, 0.15) is 53.4 Å². The largest absolute Gasteiger partial charge is 0.372 e. The number of carbonyl (C=O) groups excluding carboxylic acids is 1. The highest BCUT2D eigenvalue weighted by Gasteiger charge is 2.23. The normalized spacial score (nSPS) is 14.0. The second kappa shape index (κ2) is 5.12. The Morgan fingerprint density at radius 1 is 1.00 bits per heavy atom. The molecule has 0 aliphatic carbocycles. The van der Waals surface area contributed by atoms with Crippen LogP contribution in [0.15, 0.2) is 42.5 Å². The summed E-state index contributed by atoms with van der Waals surface area (Å²) < 4.78 is 5.42. The van der Waals surface area contributed by atoms with E-state index in [9.17, 15) is 4.79 Å². The molecule has 0 saturated carbocycles. The Morgan fingerprint density at radius 3 is 2.48 bits per heavy atom. The second-order valence-electron chi connectivity index (χ2n) is 6.60. The summed E-state index contributed by atoms with van der Waals surface area (Å²) in [4.78, 5) is 12.9. The van der Waals surface area contributed by atoms with Gasteiger partial charge in [0.1, 0.15) is 0 Å². The first-order valence-electron chi connectivity index (χ1n) is 7.30. The molecule has 0 N–H and O–H groups in total. The van der Waals surface area contributed by atoms with Crippen molar-refractivity contribution in [2.24, 2.45) is 0 Å². The van der Waals surface area contributed by atoms with Crippen molar-refractivity contribution >= 4 is 5.78 Å². The highest BCUT2D eigenvalue weighted by atomic mass is 16.5. The minimum Gasteiger partial charge on any atom is -0.372 e. The fourth-order valence-corrected chi connectivity index (χ4v) is 2.80. The molecule has 2 aromatic carbocycles. The Labute approximate surface area is 125 Å². The lowest BCUT2D eigenvalue weighted by molar-refractivity contribution is 0.103. The van der Waals surface area contributed by atoms with E-state index in [-0.39, 0.29) is 11.2 Å². The van der Waals surface area contributed by atoms with Gasteiger partial charge in [0.25, 0.3) is 0 Å². The molecule has 2 nitrogen and oxygen atoms in total. The molecule has 2 aromatic rings. The molecular weight excluding hydrogens is 260 g/mol. The fourth-order valence-electron chi connectivity index (χ4n) is 2.80. The second-order valence-corrected chi connectivity index (χ2v) is 6.60. The van der Waals surface area contributed by atoms with Gasteiger partial charge in [0, 0.05) is 11.1 Å². The molecule has 0 atom stereocenters. The smallest absolute Gasteiger partial charge is 0.193 e. The van der Waals surface area contributed by atoms with Gasteiger partial charge in [0.05, 0.1) is 13.2 Å². The zero-order chi connectivity index (χ0) is 15.0. The van der Waals surface area contributed by atoms with E-state index in [4.69, 9.17) is 4.74 Å². The van der Waals surface area contributed by atoms with E-state index in [0.717, 1.165) is 22.3 Å². The summed E-state index contributed by atoms with van der Waals surface area (Å²) in [6, 6.07) is 13.8. The average molecular weight is 280 g/mol. The van der Waals surface area contributed by atoms with Gasteiger partial charge < -0.3 is 4.74 Å². The van der Waals surface area contributed by atoms with E-state index in [2.05, 4.69) is 20.8 Å². The predicted octanol–water partition coefficient (Wildman–Crippen LogP) is 4.25. The number of ether oxygens (including phenoxy) is 1. The van der Waals surface area contributed by atoms with E-state index in [1.165, 1.54) is 5.56 Å². The molecule has 0 radical (unpaired) electrons. The molecule has 0 unspecified atom stereocenters. The average Bonchev–Trinajstić information content (AvgIpc) is 2.93. The van der Waals surface area contributed by atoms with Crippen LogP contribution in [-0.2, 0) is 23.4 Å². The SMILES string of the molecule is CC(C)(C)c1ccccc1C(=O)c1ccc2c(c1)COC2. The minimum atomic E-state index is -0.0495. The molecule has 0 spiro atoms. The van der Waals surface area contributed by atoms with Crippen molar-refractivity contribution in [3.8, 4) is 0 Å². The van der Waals surface area contributed by atoms with Gasteiger partial charge in [-0.3, -0.25) is 4.79 Å². The van der Waals surface area contributed by atoms with E-state index >= 15 is 0 Å². The molecule has 0 aromatic heterocycles. The Balaban J connectivity index is 2.03. The Hall–Kier alpha value is -1.93. The standard InChI is InChI=1S/C19H20O2/c1-19(2,3)17-7-5-4-6-16(17)18(20)13-8-9-14-11-21-12-15(14)10-13/h4-10H,11-12H2,1-3H3. The molecule has 0 bridgehead atoms. The van der Waals surface area contributed by atoms with Crippen molar-refractivity contribution in [2.45, 2.75) is 39.4 Å². The van der Waals surface area contributed by atoms with Crippen molar-refractivity contribution in [1.82, 2.24) is 0 Å². The van der Waals surface area contributed by atoms with Gasteiger partial charge in [-0.2, -0.15) is 0 Å². The first-order valence-corrected chi connectivity index (χ1v) is 7.30. The maximum atomic E-state index is 12.9. The lowest BCUT2D eigenvalue weighted by Gasteiger charge is -2.22. The van der Waals surface area contributed by atoms with E-state index in [0.29, 0.717) is 13.2 Å². The first kappa shape index (κ1) is 14.0. The lowest BCUT2D eigenvalue weighted by Crippen LogP contribution is -2.17. The quantitative estimate of drug-likeness (QED) is 0.769. The van der Waals surface area contributed by atoms with Crippen molar-refractivity contribution < 1.29 is 9.53 Å².